The van der Waals surface area contributed by atoms with E-state index in [4.69, 9.17) is 0 Å². The average Bonchev–Trinajstić information content (AvgIpc) is 2.94. The molecule has 1 heterocycles. The predicted molar refractivity (Wildman–Crippen MR) is 89.4 cm³/mol. The van der Waals surface area contributed by atoms with Crippen molar-refractivity contribution < 1.29 is 5.11 Å². The number of phenols is 1. The molecular weight excluding hydrogens is 298 g/mol. The highest BCUT2D eigenvalue weighted by Gasteiger charge is 2.10. The first kappa shape index (κ1) is 12.7. The largest absolute Gasteiger partial charge is 0.507 e. The normalized spacial score (nSPS) is 11.2. The highest BCUT2D eigenvalue weighted by molar-refractivity contribution is 8.01. The molecule has 4 rings (SSSR count). The molecule has 21 heavy (non-hydrogen) atoms. The average molecular weight is 309 g/mol. The number of nitrogens with zero attached hydrogens (tertiary/aromatic N) is 1. The van der Waals surface area contributed by atoms with Crippen LogP contribution in [0.4, 0.5) is 0 Å². The van der Waals surface area contributed by atoms with Gasteiger partial charge in [0, 0.05) is 15.7 Å². The van der Waals surface area contributed by atoms with Crippen LogP contribution in [0.2, 0.25) is 0 Å². The Morgan fingerprint density at radius 3 is 2.38 bits per heavy atom. The Bertz CT molecular complexity index is 946. The van der Waals surface area contributed by atoms with Crippen molar-refractivity contribution in [1.29, 1.82) is 0 Å². The van der Waals surface area contributed by atoms with Gasteiger partial charge in [0.15, 0.2) is 0 Å². The first-order valence-corrected chi connectivity index (χ1v) is 8.15. The van der Waals surface area contributed by atoms with Crippen molar-refractivity contribution in [3.05, 3.63) is 60.7 Å². The third-order valence-corrected chi connectivity index (χ3v) is 5.54. The number of aromatic hydroxyl groups is 1. The molecule has 2 nitrogen and oxygen atoms in total. The summed E-state index contributed by atoms with van der Waals surface area (Å²) in [6.07, 6.45) is 0. The monoisotopic (exact) mass is 309 g/mol. The van der Waals surface area contributed by atoms with Crippen molar-refractivity contribution in [2.24, 2.45) is 0 Å². The fraction of sp³-hybridized carbons (Fsp3) is 0. The molecule has 1 N–H and O–H groups in total. The molecule has 0 amide bonds. The first-order chi connectivity index (χ1) is 10.3. The van der Waals surface area contributed by atoms with Crippen LogP contribution < -0.4 is 0 Å². The minimum absolute atomic E-state index is 0.323. The van der Waals surface area contributed by atoms with Crippen LogP contribution in [0.5, 0.6) is 5.75 Å². The molecule has 0 bridgehead atoms. The summed E-state index contributed by atoms with van der Waals surface area (Å²) in [4.78, 5) is 1.14. The van der Waals surface area contributed by atoms with Crippen molar-refractivity contribution in [3.63, 3.8) is 0 Å². The molecule has 1 aromatic heterocycles. The number of phenolic OH excluding ortho intramolecular Hbond substituents is 1. The van der Waals surface area contributed by atoms with Crippen LogP contribution in [-0.2, 0) is 0 Å². The number of hydrogen-bond donors (Lipinski definition) is 1. The van der Waals surface area contributed by atoms with E-state index in [9.17, 15) is 5.11 Å². The lowest BCUT2D eigenvalue weighted by Crippen LogP contribution is -1.78. The van der Waals surface area contributed by atoms with E-state index in [2.05, 4.69) is 10.4 Å². The van der Waals surface area contributed by atoms with Crippen molar-refractivity contribution in [2.75, 3.05) is 0 Å². The fourth-order valence-corrected chi connectivity index (χ4v) is 4.43. The SMILES string of the molecule is Oc1ccc(Sc2snc3ccccc23)c2ccccc12. The molecule has 0 saturated heterocycles. The maximum absolute atomic E-state index is 9.97. The van der Waals surface area contributed by atoms with E-state index in [1.165, 1.54) is 21.1 Å². The van der Waals surface area contributed by atoms with Gasteiger partial charge in [-0.1, -0.05) is 54.2 Å². The summed E-state index contributed by atoms with van der Waals surface area (Å²) in [6.45, 7) is 0. The first-order valence-electron chi connectivity index (χ1n) is 6.56. The second kappa shape index (κ2) is 5.06. The quantitative estimate of drug-likeness (QED) is 0.545. The maximum Gasteiger partial charge on any atom is 0.123 e. The van der Waals surface area contributed by atoms with E-state index < -0.39 is 0 Å². The Morgan fingerprint density at radius 1 is 0.810 bits per heavy atom. The van der Waals surface area contributed by atoms with Gasteiger partial charge in [0.05, 0.1) is 9.73 Å². The predicted octanol–water partition coefficient (Wildman–Crippen LogP) is 5.31. The van der Waals surface area contributed by atoms with Gasteiger partial charge in [-0.3, -0.25) is 0 Å². The maximum atomic E-state index is 9.97. The van der Waals surface area contributed by atoms with Gasteiger partial charge in [-0.15, -0.1) is 0 Å². The minimum atomic E-state index is 0.323. The Labute approximate surface area is 130 Å². The lowest BCUT2D eigenvalue weighted by Gasteiger charge is -2.06. The highest BCUT2D eigenvalue weighted by Crippen LogP contribution is 2.41. The van der Waals surface area contributed by atoms with Gasteiger partial charge in [0.25, 0.3) is 0 Å². The number of benzene rings is 3. The molecule has 0 aliphatic rings. The molecule has 4 heteroatoms. The zero-order valence-electron chi connectivity index (χ0n) is 11.0. The second-order valence-corrected chi connectivity index (χ2v) is 6.80. The van der Waals surface area contributed by atoms with Crippen LogP contribution in [0.3, 0.4) is 0 Å². The Morgan fingerprint density at radius 2 is 1.52 bits per heavy atom. The molecule has 0 aliphatic heterocycles. The Hall–Kier alpha value is -2.04. The lowest BCUT2D eigenvalue weighted by atomic mass is 10.1. The Balaban J connectivity index is 1.86. The van der Waals surface area contributed by atoms with Crippen LogP contribution in [-0.4, -0.2) is 9.48 Å². The van der Waals surface area contributed by atoms with Crippen LogP contribution in [0.25, 0.3) is 21.7 Å². The van der Waals surface area contributed by atoms with Gasteiger partial charge in [-0.25, -0.2) is 0 Å². The van der Waals surface area contributed by atoms with E-state index in [0.29, 0.717) is 5.75 Å². The van der Waals surface area contributed by atoms with Crippen LogP contribution in [0.1, 0.15) is 0 Å². The highest BCUT2D eigenvalue weighted by atomic mass is 32.2. The van der Waals surface area contributed by atoms with Crippen LogP contribution in [0, 0.1) is 0 Å². The fourth-order valence-electron chi connectivity index (χ4n) is 2.38. The van der Waals surface area contributed by atoms with E-state index in [-0.39, 0.29) is 0 Å². The topological polar surface area (TPSA) is 33.1 Å². The molecule has 0 fully saturated rings. The summed E-state index contributed by atoms with van der Waals surface area (Å²) in [6, 6.07) is 19.8. The summed E-state index contributed by atoms with van der Waals surface area (Å²) in [5.41, 5.74) is 1.04. The van der Waals surface area contributed by atoms with Crippen molar-refractivity contribution in [2.45, 2.75) is 9.10 Å². The van der Waals surface area contributed by atoms with Crippen LogP contribution >= 0.6 is 23.3 Å². The van der Waals surface area contributed by atoms with E-state index in [0.717, 1.165) is 21.2 Å². The van der Waals surface area contributed by atoms with Crippen LogP contribution in [0.15, 0.2) is 69.8 Å². The number of hydrogen-bond acceptors (Lipinski definition) is 4. The zero-order chi connectivity index (χ0) is 14.2. The molecule has 0 atom stereocenters. The van der Waals surface area contributed by atoms with Gasteiger partial charge in [0.1, 0.15) is 5.75 Å². The van der Waals surface area contributed by atoms with Crippen molar-refractivity contribution in [3.8, 4) is 5.75 Å². The molecule has 3 aromatic carbocycles. The third-order valence-electron chi connectivity index (χ3n) is 3.41. The van der Waals surface area contributed by atoms with Gasteiger partial charge in [-0.2, -0.15) is 4.37 Å². The molecule has 0 unspecified atom stereocenters. The molecule has 4 aromatic rings. The second-order valence-electron chi connectivity index (χ2n) is 4.72. The van der Waals surface area contributed by atoms with E-state index in [1.54, 1.807) is 17.8 Å². The van der Waals surface area contributed by atoms with Gasteiger partial charge in [0.2, 0.25) is 0 Å². The number of fused-ring (bicyclic) bond motifs is 2. The Kier molecular flexibility index (Phi) is 3.05. The number of rotatable bonds is 2. The smallest absolute Gasteiger partial charge is 0.123 e. The van der Waals surface area contributed by atoms with Crippen molar-refractivity contribution >= 4 is 45.0 Å². The number of aromatic nitrogens is 1. The van der Waals surface area contributed by atoms with E-state index in [1.807, 2.05) is 48.5 Å². The van der Waals surface area contributed by atoms with Gasteiger partial charge < -0.3 is 5.11 Å². The van der Waals surface area contributed by atoms with Gasteiger partial charge in [-0.05, 0) is 35.1 Å². The third kappa shape index (κ3) is 2.17. The summed E-state index contributed by atoms with van der Waals surface area (Å²) in [5, 5.41) is 13.1. The van der Waals surface area contributed by atoms with Gasteiger partial charge >= 0.3 is 0 Å². The molecular formula is C17H11NOS2. The zero-order valence-corrected chi connectivity index (χ0v) is 12.6. The molecule has 0 aliphatic carbocycles. The summed E-state index contributed by atoms with van der Waals surface area (Å²) in [7, 11) is 0. The molecule has 0 radical (unpaired) electrons. The molecule has 0 spiro atoms. The van der Waals surface area contributed by atoms with E-state index >= 15 is 0 Å². The standard InChI is InChI=1S/C17H11NOS2/c19-15-9-10-16(12-6-2-1-5-11(12)15)20-17-13-7-3-4-8-14(13)18-21-17/h1-10,19H. The van der Waals surface area contributed by atoms with Crippen molar-refractivity contribution in [1.82, 2.24) is 4.37 Å². The summed E-state index contributed by atoms with van der Waals surface area (Å²) in [5.74, 6) is 0.323. The lowest BCUT2D eigenvalue weighted by molar-refractivity contribution is 0.481. The summed E-state index contributed by atoms with van der Waals surface area (Å²) >= 11 is 3.23. The molecule has 102 valence electrons. The summed E-state index contributed by atoms with van der Waals surface area (Å²) < 4.78 is 5.67. The minimum Gasteiger partial charge on any atom is -0.507 e. The molecule has 0 saturated carbocycles.